The van der Waals surface area contributed by atoms with Crippen LogP contribution in [0.4, 0.5) is 5.82 Å². The van der Waals surface area contributed by atoms with Gasteiger partial charge in [0.15, 0.2) is 5.96 Å². The van der Waals surface area contributed by atoms with Crippen LogP contribution >= 0.6 is 35.3 Å². The van der Waals surface area contributed by atoms with Crippen LogP contribution in [0.2, 0.25) is 0 Å². The minimum absolute atomic E-state index is 0. The van der Waals surface area contributed by atoms with Gasteiger partial charge in [-0.25, -0.2) is 4.98 Å². The highest BCUT2D eigenvalue weighted by molar-refractivity contribution is 14.0. The van der Waals surface area contributed by atoms with Crippen molar-refractivity contribution in [1.29, 1.82) is 0 Å². The fraction of sp³-hybridized carbons (Fsp3) is 0.500. The minimum Gasteiger partial charge on any atom is -0.357 e. The molecule has 0 bridgehead atoms. The lowest BCUT2D eigenvalue weighted by Gasteiger charge is -2.31. The molecule has 1 aliphatic heterocycles. The molecule has 0 aliphatic carbocycles. The van der Waals surface area contributed by atoms with Gasteiger partial charge in [-0.3, -0.25) is 4.99 Å². The molecule has 1 fully saturated rings. The first-order valence-corrected chi connectivity index (χ1v) is 10.2. The van der Waals surface area contributed by atoms with Crippen LogP contribution in [0.15, 0.2) is 35.5 Å². The fourth-order valence-electron chi connectivity index (χ4n) is 3.10. The zero-order valence-electron chi connectivity index (χ0n) is 16.4. The summed E-state index contributed by atoms with van der Waals surface area (Å²) in [5.41, 5.74) is 1.16. The predicted octanol–water partition coefficient (Wildman–Crippen LogP) is 4.17. The number of nitrogens with one attached hydrogen (secondary N) is 2. The van der Waals surface area contributed by atoms with Gasteiger partial charge < -0.3 is 15.5 Å². The number of aliphatic imine (C=N–C) groups is 1. The number of aryl methyl sites for hydroxylation is 1. The fourth-order valence-corrected chi connectivity index (χ4v) is 3.93. The van der Waals surface area contributed by atoms with Crippen molar-refractivity contribution in [2.45, 2.75) is 39.8 Å². The van der Waals surface area contributed by atoms with E-state index in [4.69, 9.17) is 0 Å². The van der Waals surface area contributed by atoms with Gasteiger partial charge >= 0.3 is 0 Å². The van der Waals surface area contributed by atoms with E-state index in [1.54, 1.807) is 7.05 Å². The molecule has 2 aromatic rings. The molecule has 0 aromatic carbocycles. The molecule has 1 saturated heterocycles. The number of nitrogens with zero attached hydrogens (tertiary/aromatic N) is 3. The Morgan fingerprint density at radius 3 is 2.52 bits per heavy atom. The van der Waals surface area contributed by atoms with Gasteiger partial charge in [0.05, 0.1) is 6.54 Å². The summed E-state index contributed by atoms with van der Waals surface area (Å²) >= 11 is 1.81. The first-order chi connectivity index (χ1) is 12.6. The van der Waals surface area contributed by atoms with E-state index in [0.29, 0.717) is 6.54 Å². The average molecular weight is 499 g/mol. The van der Waals surface area contributed by atoms with Crippen molar-refractivity contribution in [2.24, 2.45) is 10.9 Å². The molecule has 0 radical (unpaired) electrons. The van der Waals surface area contributed by atoms with E-state index < -0.39 is 0 Å². The number of hydrogen-bond acceptors (Lipinski definition) is 4. The van der Waals surface area contributed by atoms with Gasteiger partial charge in [-0.15, -0.1) is 35.3 Å². The SMILES string of the molecule is CN=C(NCc1ccc(N2CCC(C)CC2)nc1)NCc1ccc(C)s1.I. The Morgan fingerprint density at radius 2 is 1.93 bits per heavy atom. The van der Waals surface area contributed by atoms with E-state index >= 15 is 0 Å². The first kappa shape index (κ1) is 21.9. The van der Waals surface area contributed by atoms with Crippen LogP contribution in [0.25, 0.3) is 0 Å². The van der Waals surface area contributed by atoms with Crippen molar-refractivity contribution in [2.75, 3.05) is 25.0 Å². The molecular weight excluding hydrogens is 469 g/mol. The molecule has 0 amide bonds. The zero-order chi connectivity index (χ0) is 18.4. The summed E-state index contributed by atoms with van der Waals surface area (Å²) in [4.78, 5) is 14.0. The third kappa shape index (κ3) is 6.64. The summed E-state index contributed by atoms with van der Waals surface area (Å²) in [6, 6.07) is 8.60. The number of pyridine rings is 1. The second kappa shape index (κ2) is 10.8. The number of aromatic nitrogens is 1. The maximum absolute atomic E-state index is 4.65. The van der Waals surface area contributed by atoms with E-state index in [1.807, 2.05) is 17.5 Å². The third-order valence-electron chi connectivity index (χ3n) is 4.83. The summed E-state index contributed by atoms with van der Waals surface area (Å²) in [6.07, 6.45) is 4.49. The molecule has 7 heteroatoms. The lowest BCUT2D eigenvalue weighted by atomic mass is 9.99. The summed E-state index contributed by atoms with van der Waals surface area (Å²) in [7, 11) is 1.80. The molecule has 0 saturated carbocycles. The van der Waals surface area contributed by atoms with Crippen molar-refractivity contribution >= 4 is 47.1 Å². The van der Waals surface area contributed by atoms with Crippen LogP contribution in [0.1, 0.15) is 35.1 Å². The molecule has 3 rings (SSSR count). The molecule has 2 aromatic heterocycles. The minimum atomic E-state index is 0. The molecule has 0 unspecified atom stereocenters. The van der Waals surface area contributed by atoms with Crippen LogP contribution < -0.4 is 15.5 Å². The number of hydrogen-bond donors (Lipinski definition) is 2. The van der Waals surface area contributed by atoms with Gasteiger partial charge in [-0.05, 0) is 49.4 Å². The lowest BCUT2D eigenvalue weighted by Crippen LogP contribution is -2.36. The van der Waals surface area contributed by atoms with Gasteiger partial charge in [-0.1, -0.05) is 13.0 Å². The summed E-state index contributed by atoms with van der Waals surface area (Å²) in [5, 5.41) is 6.71. The number of piperidine rings is 1. The summed E-state index contributed by atoms with van der Waals surface area (Å²) in [5.74, 6) is 2.74. The van der Waals surface area contributed by atoms with Gasteiger partial charge in [0.2, 0.25) is 0 Å². The standard InChI is InChI=1S/C20H29N5S.HI/c1-15-8-10-25(11-9-15)19-7-5-17(12-22-19)13-23-20(21-3)24-14-18-6-4-16(2)26-18;/h4-7,12,15H,8-11,13-14H2,1-3H3,(H2,21,23,24);1H. The van der Waals surface area contributed by atoms with Crippen molar-refractivity contribution < 1.29 is 0 Å². The Hall–Kier alpha value is -1.35. The maximum atomic E-state index is 4.65. The van der Waals surface area contributed by atoms with Gasteiger partial charge in [0, 0.05) is 42.6 Å². The van der Waals surface area contributed by atoms with E-state index in [0.717, 1.165) is 42.9 Å². The van der Waals surface area contributed by atoms with Crippen molar-refractivity contribution in [3.8, 4) is 0 Å². The highest BCUT2D eigenvalue weighted by Gasteiger charge is 2.16. The number of anilines is 1. The Kier molecular flexibility index (Phi) is 8.82. The predicted molar refractivity (Wildman–Crippen MR) is 126 cm³/mol. The Morgan fingerprint density at radius 1 is 1.19 bits per heavy atom. The van der Waals surface area contributed by atoms with E-state index in [2.05, 4.69) is 63.6 Å². The Balaban J connectivity index is 0.00000261. The zero-order valence-corrected chi connectivity index (χ0v) is 19.5. The highest BCUT2D eigenvalue weighted by Crippen LogP contribution is 2.21. The number of thiophene rings is 1. The molecule has 27 heavy (non-hydrogen) atoms. The second-order valence-electron chi connectivity index (χ2n) is 6.99. The first-order valence-electron chi connectivity index (χ1n) is 9.34. The molecule has 5 nitrogen and oxygen atoms in total. The Labute approximate surface area is 183 Å². The molecule has 148 valence electrons. The molecule has 0 atom stereocenters. The molecule has 2 N–H and O–H groups in total. The number of guanidine groups is 1. The van der Waals surface area contributed by atoms with E-state index in [9.17, 15) is 0 Å². The highest BCUT2D eigenvalue weighted by atomic mass is 127. The van der Waals surface area contributed by atoms with Crippen LogP contribution in [-0.2, 0) is 13.1 Å². The van der Waals surface area contributed by atoms with Crippen molar-refractivity contribution in [3.63, 3.8) is 0 Å². The van der Waals surface area contributed by atoms with Crippen molar-refractivity contribution in [1.82, 2.24) is 15.6 Å². The van der Waals surface area contributed by atoms with E-state index in [1.165, 1.54) is 22.6 Å². The molecule has 3 heterocycles. The monoisotopic (exact) mass is 499 g/mol. The van der Waals surface area contributed by atoms with Crippen LogP contribution in [0.3, 0.4) is 0 Å². The third-order valence-corrected chi connectivity index (χ3v) is 5.83. The van der Waals surface area contributed by atoms with Crippen LogP contribution in [0, 0.1) is 12.8 Å². The normalized spacial score (nSPS) is 15.4. The number of rotatable bonds is 5. The number of halogens is 1. The lowest BCUT2D eigenvalue weighted by molar-refractivity contribution is 0.436. The molecule has 1 aliphatic rings. The molecular formula is C20H30IN5S. The van der Waals surface area contributed by atoms with E-state index in [-0.39, 0.29) is 24.0 Å². The average Bonchev–Trinajstić information content (AvgIpc) is 3.08. The summed E-state index contributed by atoms with van der Waals surface area (Å²) < 4.78 is 0. The largest absolute Gasteiger partial charge is 0.357 e. The quantitative estimate of drug-likeness (QED) is 0.369. The van der Waals surface area contributed by atoms with Gasteiger partial charge in [0.1, 0.15) is 5.82 Å². The van der Waals surface area contributed by atoms with Gasteiger partial charge in [-0.2, -0.15) is 0 Å². The van der Waals surface area contributed by atoms with Crippen LogP contribution in [0.5, 0.6) is 0 Å². The Bertz CT molecular complexity index is 720. The second-order valence-corrected chi connectivity index (χ2v) is 8.36. The topological polar surface area (TPSA) is 52.6 Å². The smallest absolute Gasteiger partial charge is 0.191 e. The van der Waals surface area contributed by atoms with Crippen molar-refractivity contribution in [3.05, 3.63) is 45.8 Å². The van der Waals surface area contributed by atoms with Gasteiger partial charge in [0.25, 0.3) is 0 Å². The summed E-state index contributed by atoms with van der Waals surface area (Å²) in [6.45, 7) is 8.20. The van der Waals surface area contributed by atoms with Crippen LogP contribution in [-0.4, -0.2) is 31.1 Å². The molecule has 0 spiro atoms. The maximum Gasteiger partial charge on any atom is 0.191 e.